The average Bonchev–Trinajstić information content (AvgIpc) is 3.11. The van der Waals surface area contributed by atoms with Crippen LogP contribution < -0.4 is 5.32 Å². The van der Waals surface area contributed by atoms with Crippen molar-refractivity contribution in [2.24, 2.45) is 0 Å². The predicted molar refractivity (Wildman–Crippen MR) is 111 cm³/mol. The molecule has 148 valence electrons. The number of rotatable bonds is 6. The van der Waals surface area contributed by atoms with Gasteiger partial charge in [0.25, 0.3) is 0 Å². The first-order valence-corrected chi connectivity index (χ1v) is 10.8. The van der Waals surface area contributed by atoms with Gasteiger partial charge in [-0.05, 0) is 51.0 Å². The van der Waals surface area contributed by atoms with E-state index in [0.29, 0.717) is 16.7 Å². The molecule has 1 saturated carbocycles. The molecule has 1 amide bonds. The molecule has 1 N–H and O–H groups in total. The number of carbonyl (C=O) groups excluding carboxylic acids is 1. The number of hydrogen-bond donors (Lipinski definition) is 1. The Hall–Kier alpha value is -2.04. The lowest BCUT2D eigenvalue weighted by molar-refractivity contribution is -0.121. The zero-order valence-electron chi connectivity index (χ0n) is 16.1. The van der Waals surface area contributed by atoms with Gasteiger partial charge in [-0.1, -0.05) is 42.6 Å². The summed E-state index contributed by atoms with van der Waals surface area (Å²) >= 11 is 7.33. The van der Waals surface area contributed by atoms with Crippen LogP contribution in [0.4, 0.5) is 0 Å². The van der Waals surface area contributed by atoms with Gasteiger partial charge in [0.15, 0.2) is 11.0 Å². The Morgan fingerprint density at radius 2 is 2.00 bits per heavy atom. The van der Waals surface area contributed by atoms with Crippen molar-refractivity contribution in [1.29, 1.82) is 5.26 Å². The molecular weight excluding hydrogens is 394 g/mol. The van der Waals surface area contributed by atoms with Crippen LogP contribution in [0.3, 0.4) is 0 Å². The minimum absolute atomic E-state index is 0.132. The molecule has 0 radical (unpaired) electrons. The van der Waals surface area contributed by atoms with Gasteiger partial charge in [0.2, 0.25) is 5.91 Å². The summed E-state index contributed by atoms with van der Waals surface area (Å²) < 4.78 is 1.98. The van der Waals surface area contributed by atoms with Gasteiger partial charge in [-0.25, -0.2) is 0 Å². The molecule has 3 rings (SSSR count). The van der Waals surface area contributed by atoms with Gasteiger partial charge in [-0.3, -0.25) is 4.79 Å². The smallest absolute Gasteiger partial charge is 0.234 e. The lowest BCUT2D eigenvalue weighted by Gasteiger charge is -2.32. The highest BCUT2D eigenvalue weighted by Gasteiger charge is 2.35. The van der Waals surface area contributed by atoms with E-state index in [9.17, 15) is 10.1 Å². The van der Waals surface area contributed by atoms with Crippen LogP contribution in [0.5, 0.6) is 0 Å². The minimum atomic E-state index is -0.725. The molecule has 2 aromatic rings. The predicted octanol–water partition coefficient (Wildman–Crippen LogP) is 4.44. The summed E-state index contributed by atoms with van der Waals surface area (Å²) in [6, 6.07) is 9.78. The van der Waals surface area contributed by atoms with Crippen LogP contribution in [0, 0.1) is 11.3 Å². The molecule has 8 heteroatoms. The van der Waals surface area contributed by atoms with Crippen molar-refractivity contribution in [1.82, 2.24) is 20.1 Å². The average molecular weight is 418 g/mol. The zero-order valence-corrected chi connectivity index (χ0v) is 17.7. The number of thioether (sulfide) groups is 1. The van der Waals surface area contributed by atoms with Crippen LogP contribution in [0.25, 0.3) is 11.4 Å². The monoisotopic (exact) mass is 417 g/mol. The second-order valence-corrected chi connectivity index (χ2v) is 8.81. The maximum atomic E-state index is 12.7. The summed E-state index contributed by atoms with van der Waals surface area (Å²) in [5, 5.41) is 22.2. The first kappa shape index (κ1) is 20.7. The van der Waals surface area contributed by atoms with E-state index in [-0.39, 0.29) is 11.2 Å². The van der Waals surface area contributed by atoms with E-state index in [1.807, 2.05) is 42.7 Å². The first-order chi connectivity index (χ1) is 13.5. The largest absolute Gasteiger partial charge is 0.337 e. The summed E-state index contributed by atoms with van der Waals surface area (Å²) in [4.78, 5) is 12.7. The first-order valence-electron chi connectivity index (χ1n) is 9.57. The van der Waals surface area contributed by atoms with E-state index >= 15 is 0 Å². The lowest BCUT2D eigenvalue weighted by atomic mass is 9.83. The number of amides is 1. The molecule has 0 aliphatic heterocycles. The van der Waals surface area contributed by atoms with Crippen LogP contribution in [-0.4, -0.2) is 31.5 Å². The lowest BCUT2D eigenvalue weighted by Crippen LogP contribution is -2.51. The molecule has 1 atom stereocenters. The van der Waals surface area contributed by atoms with Crippen molar-refractivity contribution >= 4 is 29.3 Å². The highest BCUT2D eigenvalue weighted by molar-refractivity contribution is 8.00. The van der Waals surface area contributed by atoms with Gasteiger partial charge in [0.1, 0.15) is 5.54 Å². The quantitative estimate of drug-likeness (QED) is 0.702. The number of hydrogen-bond acceptors (Lipinski definition) is 5. The number of nitriles is 1. The third-order valence-corrected chi connectivity index (χ3v) is 6.40. The molecule has 0 saturated heterocycles. The van der Waals surface area contributed by atoms with Crippen LogP contribution in [-0.2, 0) is 11.3 Å². The number of benzene rings is 1. The molecule has 0 spiro atoms. The Bertz CT molecular complexity index is 868. The number of halogens is 1. The molecule has 0 unspecified atom stereocenters. The number of carbonyl (C=O) groups is 1. The maximum absolute atomic E-state index is 12.7. The maximum Gasteiger partial charge on any atom is 0.234 e. The van der Waals surface area contributed by atoms with Gasteiger partial charge >= 0.3 is 0 Å². The third-order valence-electron chi connectivity index (χ3n) is 5.07. The fraction of sp³-hybridized carbons (Fsp3) is 0.500. The van der Waals surface area contributed by atoms with E-state index in [1.165, 1.54) is 11.8 Å². The molecular formula is C20H24ClN5OS. The number of nitrogens with zero attached hydrogens (tertiary/aromatic N) is 4. The summed E-state index contributed by atoms with van der Waals surface area (Å²) in [7, 11) is 0. The van der Waals surface area contributed by atoms with Crippen LogP contribution in [0.2, 0.25) is 5.02 Å². The van der Waals surface area contributed by atoms with Gasteiger partial charge in [0, 0.05) is 17.1 Å². The van der Waals surface area contributed by atoms with Crippen molar-refractivity contribution in [3.8, 4) is 17.5 Å². The summed E-state index contributed by atoms with van der Waals surface area (Å²) in [5.74, 6) is 0.613. The molecule has 1 aliphatic rings. The second kappa shape index (κ2) is 8.97. The Labute approximate surface area is 174 Å². The summed E-state index contributed by atoms with van der Waals surface area (Å²) in [6.45, 7) is 4.54. The van der Waals surface area contributed by atoms with E-state index in [0.717, 1.165) is 43.5 Å². The third kappa shape index (κ3) is 4.50. The minimum Gasteiger partial charge on any atom is -0.337 e. The molecule has 1 aromatic carbocycles. The molecule has 0 bridgehead atoms. The SMILES string of the molecule is CCn1c(S[C@@H](C)C(=O)NC2(C#N)CCCCC2)nnc1-c1ccc(Cl)cc1. The molecule has 1 aromatic heterocycles. The van der Waals surface area contributed by atoms with Crippen molar-refractivity contribution in [3.05, 3.63) is 29.3 Å². The molecule has 28 heavy (non-hydrogen) atoms. The van der Waals surface area contributed by atoms with E-state index < -0.39 is 5.54 Å². The Morgan fingerprint density at radius 1 is 1.32 bits per heavy atom. The topological polar surface area (TPSA) is 83.6 Å². The zero-order chi connectivity index (χ0) is 20.1. The number of aromatic nitrogens is 3. The standard InChI is InChI=1S/C20H24ClN5OS/c1-3-26-17(15-7-9-16(21)10-8-15)24-25-19(26)28-14(2)18(27)23-20(13-22)11-5-4-6-12-20/h7-10,14H,3-6,11-12H2,1-2H3,(H,23,27)/t14-/m0/s1. The van der Waals surface area contributed by atoms with E-state index in [1.54, 1.807) is 0 Å². The van der Waals surface area contributed by atoms with Gasteiger partial charge < -0.3 is 9.88 Å². The van der Waals surface area contributed by atoms with Crippen molar-refractivity contribution in [3.63, 3.8) is 0 Å². The Balaban J connectivity index is 1.73. The normalized spacial score (nSPS) is 16.9. The fourth-order valence-corrected chi connectivity index (χ4v) is 4.48. The highest BCUT2D eigenvalue weighted by Crippen LogP contribution is 2.30. The van der Waals surface area contributed by atoms with E-state index in [2.05, 4.69) is 21.6 Å². The van der Waals surface area contributed by atoms with Crippen molar-refractivity contribution in [2.45, 2.75) is 68.4 Å². The Morgan fingerprint density at radius 3 is 2.61 bits per heavy atom. The molecule has 1 aliphatic carbocycles. The second-order valence-electron chi connectivity index (χ2n) is 7.06. The summed E-state index contributed by atoms with van der Waals surface area (Å²) in [6.07, 6.45) is 4.52. The Kier molecular flexibility index (Phi) is 6.63. The van der Waals surface area contributed by atoms with Crippen LogP contribution >= 0.6 is 23.4 Å². The van der Waals surface area contributed by atoms with Gasteiger partial charge in [-0.2, -0.15) is 5.26 Å². The van der Waals surface area contributed by atoms with Crippen molar-refractivity contribution in [2.75, 3.05) is 0 Å². The molecule has 6 nitrogen and oxygen atoms in total. The molecule has 1 fully saturated rings. The van der Waals surface area contributed by atoms with Crippen LogP contribution in [0.1, 0.15) is 46.0 Å². The summed E-state index contributed by atoms with van der Waals surface area (Å²) in [5.41, 5.74) is 0.199. The van der Waals surface area contributed by atoms with Crippen LogP contribution in [0.15, 0.2) is 29.4 Å². The van der Waals surface area contributed by atoms with E-state index in [4.69, 9.17) is 11.6 Å². The highest BCUT2D eigenvalue weighted by atomic mass is 35.5. The van der Waals surface area contributed by atoms with Crippen molar-refractivity contribution < 1.29 is 4.79 Å². The fourth-order valence-electron chi connectivity index (χ4n) is 3.44. The molecule has 1 heterocycles. The van der Waals surface area contributed by atoms with Gasteiger partial charge in [0.05, 0.1) is 11.3 Å². The van der Waals surface area contributed by atoms with Gasteiger partial charge in [-0.15, -0.1) is 10.2 Å². The number of nitrogens with one attached hydrogen (secondary N) is 1.